The Labute approximate surface area is 123 Å². The van der Waals surface area contributed by atoms with Crippen LogP contribution in [0.15, 0.2) is 6.20 Å². The van der Waals surface area contributed by atoms with Crippen LogP contribution >= 0.6 is 0 Å². The highest BCUT2D eigenvalue weighted by atomic mass is 15.3. The zero-order valence-corrected chi connectivity index (χ0v) is 12.3. The molecule has 4 rings (SSSR count). The molecule has 0 aromatic carbocycles. The molecule has 0 bridgehead atoms. The first kappa shape index (κ1) is 12.8. The third-order valence-electron chi connectivity index (χ3n) is 4.51. The lowest BCUT2D eigenvalue weighted by molar-refractivity contribution is 0.230. The van der Waals surface area contributed by atoms with Crippen LogP contribution < -0.4 is 10.2 Å². The van der Waals surface area contributed by atoms with E-state index in [0.717, 1.165) is 43.0 Å². The first-order valence-electron chi connectivity index (χ1n) is 7.79. The van der Waals surface area contributed by atoms with Gasteiger partial charge >= 0.3 is 0 Å². The number of fused-ring (bicyclic) bond motifs is 2. The second-order valence-electron chi connectivity index (χ2n) is 5.81. The highest BCUT2D eigenvalue weighted by Gasteiger charge is 2.32. The van der Waals surface area contributed by atoms with Crippen molar-refractivity contribution in [3.8, 4) is 0 Å². The van der Waals surface area contributed by atoms with Crippen molar-refractivity contribution in [2.24, 2.45) is 0 Å². The summed E-state index contributed by atoms with van der Waals surface area (Å²) in [5.41, 5.74) is 0.810. The molecule has 2 fully saturated rings. The van der Waals surface area contributed by atoms with E-state index < -0.39 is 0 Å². The smallest absolute Gasteiger partial charge is 0.226 e. The third kappa shape index (κ3) is 2.21. The predicted molar refractivity (Wildman–Crippen MR) is 82.7 cm³/mol. The van der Waals surface area contributed by atoms with Crippen molar-refractivity contribution in [1.82, 2.24) is 25.1 Å². The monoisotopic (exact) mass is 287 g/mol. The van der Waals surface area contributed by atoms with Gasteiger partial charge in [-0.1, -0.05) is 0 Å². The van der Waals surface area contributed by atoms with Gasteiger partial charge in [-0.2, -0.15) is 15.1 Å². The van der Waals surface area contributed by atoms with Gasteiger partial charge in [0, 0.05) is 32.2 Å². The Balaban J connectivity index is 1.69. The summed E-state index contributed by atoms with van der Waals surface area (Å²) in [4.78, 5) is 14.2. The molecule has 0 aliphatic carbocycles. The second kappa shape index (κ2) is 5.14. The van der Waals surface area contributed by atoms with E-state index in [9.17, 15) is 0 Å². The molecule has 21 heavy (non-hydrogen) atoms. The van der Waals surface area contributed by atoms with Gasteiger partial charge in [-0.3, -0.25) is 10.00 Å². The van der Waals surface area contributed by atoms with Gasteiger partial charge in [0.1, 0.15) is 5.82 Å². The molecular formula is C14H21N7. The first-order chi connectivity index (χ1) is 10.3. The third-order valence-corrected chi connectivity index (χ3v) is 4.51. The minimum absolute atomic E-state index is 0.679. The second-order valence-corrected chi connectivity index (χ2v) is 5.81. The molecular weight excluding hydrogens is 266 g/mol. The van der Waals surface area contributed by atoms with Gasteiger partial charge < -0.3 is 10.2 Å². The van der Waals surface area contributed by atoms with Crippen LogP contribution in [0.4, 0.5) is 11.8 Å². The van der Waals surface area contributed by atoms with Crippen molar-refractivity contribution >= 4 is 22.8 Å². The van der Waals surface area contributed by atoms with Gasteiger partial charge in [0.2, 0.25) is 5.95 Å². The van der Waals surface area contributed by atoms with E-state index in [1.165, 1.54) is 19.4 Å². The number of nitrogens with one attached hydrogen (secondary N) is 2. The van der Waals surface area contributed by atoms with Crippen LogP contribution in [0.3, 0.4) is 0 Å². The number of rotatable bonds is 3. The van der Waals surface area contributed by atoms with E-state index in [1.54, 1.807) is 0 Å². The van der Waals surface area contributed by atoms with Gasteiger partial charge in [0.15, 0.2) is 5.65 Å². The normalized spacial score (nSPS) is 22.7. The van der Waals surface area contributed by atoms with Crippen molar-refractivity contribution in [1.29, 1.82) is 0 Å². The fourth-order valence-corrected chi connectivity index (χ4v) is 3.48. The van der Waals surface area contributed by atoms with E-state index in [2.05, 4.69) is 37.2 Å². The number of hydrogen-bond acceptors (Lipinski definition) is 6. The minimum atomic E-state index is 0.679. The Kier molecular flexibility index (Phi) is 3.14. The Morgan fingerprint density at radius 1 is 1.33 bits per heavy atom. The van der Waals surface area contributed by atoms with Gasteiger partial charge in [0.25, 0.3) is 0 Å². The van der Waals surface area contributed by atoms with Crippen molar-refractivity contribution in [2.45, 2.75) is 25.8 Å². The Bertz CT molecular complexity index is 637. The zero-order valence-electron chi connectivity index (χ0n) is 12.3. The molecule has 0 spiro atoms. The average molecular weight is 287 g/mol. The van der Waals surface area contributed by atoms with Gasteiger partial charge in [0.05, 0.1) is 11.6 Å². The summed E-state index contributed by atoms with van der Waals surface area (Å²) in [5.74, 6) is 1.69. The van der Waals surface area contributed by atoms with Crippen LogP contribution in [0, 0.1) is 0 Å². The number of aromatic amines is 1. The van der Waals surface area contributed by atoms with E-state index in [4.69, 9.17) is 4.98 Å². The molecule has 0 saturated carbocycles. The van der Waals surface area contributed by atoms with Crippen LogP contribution in [0.5, 0.6) is 0 Å². The highest BCUT2D eigenvalue weighted by Crippen LogP contribution is 2.29. The molecule has 2 aliphatic rings. The molecule has 0 amide bonds. The number of nitrogens with zero attached hydrogens (tertiary/aromatic N) is 5. The molecule has 4 heterocycles. The van der Waals surface area contributed by atoms with Crippen molar-refractivity contribution in [3.05, 3.63) is 6.20 Å². The number of piperazine rings is 1. The molecule has 1 atom stereocenters. The van der Waals surface area contributed by atoms with Crippen molar-refractivity contribution in [2.75, 3.05) is 42.9 Å². The van der Waals surface area contributed by atoms with Crippen LogP contribution in [-0.2, 0) is 0 Å². The number of hydrogen-bond donors (Lipinski definition) is 2. The average Bonchev–Trinajstić information content (AvgIpc) is 3.14. The lowest BCUT2D eigenvalue weighted by Gasteiger charge is -2.38. The standard InChI is InChI=1S/C14H21N7/c1-2-15-14-17-12-11(8-16-19-12)13(18-14)21-7-6-20-5-3-4-10(20)9-21/h8,10H,2-7,9H2,1H3,(H2,15,16,17,18,19). The fraction of sp³-hybridized carbons (Fsp3) is 0.643. The maximum Gasteiger partial charge on any atom is 0.226 e. The summed E-state index contributed by atoms with van der Waals surface area (Å²) >= 11 is 0. The molecule has 112 valence electrons. The van der Waals surface area contributed by atoms with Gasteiger partial charge in [-0.25, -0.2) is 0 Å². The summed E-state index contributed by atoms with van der Waals surface area (Å²) in [5, 5.41) is 11.3. The molecule has 7 nitrogen and oxygen atoms in total. The van der Waals surface area contributed by atoms with Gasteiger partial charge in [-0.05, 0) is 26.3 Å². The van der Waals surface area contributed by atoms with Crippen LogP contribution in [0.25, 0.3) is 11.0 Å². The van der Waals surface area contributed by atoms with Crippen LogP contribution in [0.2, 0.25) is 0 Å². The lowest BCUT2D eigenvalue weighted by Crippen LogP contribution is -2.50. The fourth-order valence-electron chi connectivity index (χ4n) is 3.48. The SMILES string of the molecule is CCNc1nc(N2CCN3CCCC3C2)c2cn[nH]c2n1. The van der Waals surface area contributed by atoms with Crippen molar-refractivity contribution in [3.63, 3.8) is 0 Å². The van der Waals surface area contributed by atoms with E-state index in [0.29, 0.717) is 12.0 Å². The molecule has 2 N–H and O–H groups in total. The highest BCUT2D eigenvalue weighted by molar-refractivity contribution is 5.87. The van der Waals surface area contributed by atoms with Crippen LogP contribution in [-0.4, -0.2) is 63.8 Å². The largest absolute Gasteiger partial charge is 0.354 e. The molecule has 2 aromatic rings. The Morgan fingerprint density at radius 2 is 2.29 bits per heavy atom. The topological polar surface area (TPSA) is 73.0 Å². The van der Waals surface area contributed by atoms with E-state index >= 15 is 0 Å². The number of anilines is 2. The molecule has 2 aromatic heterocycles. The van der Waals surface area contributed by atoms with E-state index in [-0.39, 0.29) is 0 Å². The van der Waals surface area contributed by atoms with Crippen LogP contribution in [0.1, 0.15) is 19.8 Å². The van der Waals surface area contributed by atoms with Gasteiger partial charge in [-0.15, -0.1) is 0 Å². The lowest BCUT2D eigenvalue weighted by atomic mass is 10.1. The van der Waals surface area contributed by atoms with Crippen molar-refractivity contribution < 1.29 is 0 Å². The van der Waals surface area contributed by atoms with E-state index in [1.807, 2.05) is 6.20 Å². The maximum atomic E-state index is 4.73. The number of aromatic nitrogens is 4. The Morgan fingerprint density at radius 3 is 3.19 bits per heavy atom. The molecule has 0 radical (unpaired) electrons. The minimum Gasteiger partial charge on any atom is -0.354 e. The molecule has 1 unspecified atom stereocenters. The summed E-state index contributed by atoms with van der Waals surface area (Å²) < 4.78 is 0. The molecule has 2 aliphatic heterocycles. The summed E-state index contributed by atoms with van der Waals surface area (Å²) in [7, 11) is 0. The predicted octanol–water partition coefficient (Wildman–Crippen LogP) is 1.07. The quantitative estimate of drug-likeness (QED) is 0.880. The Hall–Kier alpha value is -1.89. The molecule has 7 heteroatoms. The molecule has 2 saturated heterocycles. The summed E-state index contributed by atoms with van der Waals surface area (Å²) in [6.07, 6.45) is 4.46. The zero-order chi connectivity index (χ0) is 14.2. The summed E-state index contributed by atoms with van der Waals surface area (Å²) in [6, 6.07) is 0.679. The first-order valence-corrected chi connectivity index (χ1v) is 7.79. The maximum absolute atomic E-state index is 4.73. The number of H-pyrrole nitrogens is 1. The summed E-state index contributed by atoms with van der Waals surface area (Å²) in [6.45, 7) is 7.34.